The van der Waals surface area contributed by atoms with Gasteiger partial charge in [-0.25, -0.2) is 4.68 Å². The largest absolute Gasteiger partial charge is 0.345 e. The summed E-state index contributed by atoms with van der Waals surface area (Å²) in [5.74, 6) is 1.36. The van der Waals surface area contributed by atoms with Gasteiger partial charge in [-0.1, -0.05) is 5.16 Å². The summed E-state index contributed by atoms with van der Waals surface area (Å²) in [4.78, 5) is 16.4. The molecule has 0 radical (unpaired) electrons. The van der Waals surface area contributed by atoms with Crippen LogP contribution in [0.15, 0.2) is 35.1 Å². The van der Waals surface area contributed by atoms with Crippen LogP contribution >= 0.6 is 0 Å². The quantitative estimate of drug-likeness (QED) is 0.743. The molecule has 2 aromatic heterocycles. The molecule has 0 aliphatic heterocycles. The minimum absolute atomic E-state index is 0.203. The molecule has 0 unspecified atom stereocenters. The Labute approximate surface area is 130 Å². The van der Waals surface area contributed by atoms with Gasteiger partial charge < -0.3 is 9.84 Å². The van der Waals surface area contributed by atoms with E-state index in [9.17, 15) is 4.79 Å². The molecule has 0 spiro atoms. The van der Waals surface area contributed by atoms with Crippen molar-refractivity contribution in [2.24, 2.45) is 0 Å². The molecule has 1 aliphatic carbocycles. The second-order valence-corrected chi connectivity index (χ2v) is 5.31. The van der Waals surface area contributed by atoms with Crippen LogP contribution in [0.3, 0.4) is 0 Å². The molecule has 0 bridgehead atoms. The van der Waals surface area contributed by atoms with Crippen molar-refractivity contribution in [3.8, 4) is 5.69 Å². The molecule has 23 heavy (non-hydrogen) atoms. The average Bonchev–Trinajstić information content (AvgIpc) is 3.11. The molecule has 9 nitrogen and oxygen atoms in total. The third kappa shape index (κ3) is 2.93. The third-order valence-corrected chi connectivity index (χ3v) is 3.56. The second-order valence-electron chi connectivity index (χ2n) is 5.31. The van der Waals surface area contributed by atoms with E-state index in [1.54, 1.807) is 24.3 Å². The van der Waals surface area contributed by atoms with E-state index in [0.717, 1.165) is 18.5 Å². The van der Waals surface area contributed by atoms with Gasteiger partial charge in [-0.15, -0.1) is 5.10 Å². The van der Waals surface area contributed by atoms with Crippen molar-refractivity contribution in [1.29, 1.82) is 0 Å². The van der Waals surface area contributed by atoms with Gasteiger partial charge in [0.05, 0.1) is 12.2 Å². The average molecular weight is 311 g/mol. The number of nitrogens with zero attached hydrogens (tertiary/aromatic N) is 6. The zero-order chi connectivity index (χ0) is 15.6. The highest BCUT2D eigenvalue weighted by Crippen LogP contribution is 2.38. The van der Waals surface area contributed by atoms with Gasteiger partial charge in [-0.05, 0) is 47.5 Å². The number of nitrogens with one attached hydrogen (secondary N) is 1. The van der Waals surface area contributed by atoms with E-state index in [1.165, 1.54) is 11.0 Å². The van der Waals surface area contributed by atoms with Crippen molar-refractivity contribution in [1.82, 2.24) is 35.7 Å². The highest BCUT2D eigenvalue weighted by Gasteiger charge is 2.29. The lowest BCUT2D eigenvalue weighted by atomic mass is 10.2. The number of tetrazole rings is 1. The summed E-state index contributed by atoms with van der Waals surface area (Å²) in [5, 5.41) is 17.6. The number of carbonyl (C=O) groups is 1. The maximum absolute atomic E-state index is 12.1. The molecule has 116 valence electrons. The van der Waals surface area contributed by atoms with Crippen LogP contribution in [0, 0.1) is 0 Å². The first-order valence-electron chi connectivity index (χ1n) is 7.24. The van der Waals surface area contributed by atoms with Gasteiger partial charge >= 0.3 is 0 Å². The second kappa shape index (κ2) is 5.59. The number of carbonyl (C=O) groups excluding carboxylic acids is 1. The molecule has 1 aromatic carbocycles. The van der Waals surface area contributed by atoms with Crippen molar-refractivity contribution in [3.05, 3.63) is 47.9 Å². The molecule has 9 heteroatoms. The summed E-state index contributed by atoms with van der Waals surface area (Å²) in [6.07, 6.45) is 3.69. The minimum atomic E-state index is -0.203. The zero-order valence-corrected chi connectivity index (χ0v) is 12.1. The number of hydrogen-bond donors (Lipinski definition) is 1. The molecule has 4 rings (SSSR count). The van der Waals surface area contributed by atoms with Gasteiger partial charge in [0.25, 0.3) is 5.91 Å². The van der Waals surface area contributed by atoms with Crippen LogP contribution in [0.1, 0.15) is 40.8 Å². The number of benzene rings is 1. The number of aromatic nitrogens is 6. The molecular weight excluding hydrogens is 298 g/mol. The Morgan fingerprint density at radius 2 is 2.13 bits per heavy atom. The monoisotopic (exact) mass is 311 g/mol. The molecular formula is C14H13N7O2. The highest BCUT2D eigenvalue weighted by atomic mass is 16.5. The summed E-state index contributed by atoms with van der Waals surface area (Å²) < 4.78 is 6.66. The SMILES string of the molecule is O=C(NCc1noc(C2CC2)n1)c1ccc(-n2cnnn2)cc1. The van der Waals surface area contributed by atoms with Crippen molar-refractivity contribution in [2.45, 2.75) is 25.3 Å². The van der Waals surface area contributed by atoms with E-state index in [1.807, 2.05) is 0 Å². The Kier molecular flexibility index (Phi) is 3.30. The highest BCUT2D eigenvalue weighted by molar-refractivity contribution is 5.94. The zero-order valence-electron chi connectivity index (χ0n) is 12.1. The summed E-state index contributed by atoms with van der Waals surface area (Å²) >= 11 is 0. The summed E-state index contributed by atoms with van der Waals surface area (Å²) in [5.41, 5.74) is 1.31. The lowest BCUT2D eigenvalue weighted by molar-refractivity contribution is 0.0949. The van der Waals surface area contributed by atoms with E-state index < -0.39 is 0 Å². The third-order valence-electron chi connectivity index (χ3n) is 3.56. The van der Waals surface area contributed by atoms with Gasteiger partial charge in [-0.2, -0.15) is 4.98 Å². The Bertz CT molecular complexity index is 806. The lowest BCUT2D eigenvalue weighted by Gasteiger charge is -2.04. The van der Waals surface area contributed by atoms with Gasteiger partial charge in [0.1, 0.15) is 6.33 Å². The molecule has 0 atom stereocenters. The molecule has 1 aliphatic rings. The molecule has 1 amide bonds. The maximum Gasteiger partial charge on any atom is 0.251 e. The molecule has 0 saturated heterocycles. The van der Waals surface area contributed by atoms with E-state index in [4.69, 9.17) is 4.52 Å². The smallest absolute Gasteiger partial charge is 0.251 e. The Morgan fingerprint density at radius 1 is 1.30 bits per heavy atom. The van der Waals surface area contributed by atoms with E-state index in [2.05, 4.69) is 31.0 Å². The van der Waals surface area contributed by atoms with Crippen LogP contribution in [0.2, 0.25) is 0 Å². The van der Waals surface area contributed by atoms with Crippen molar-refractivity contribution in [2.75, 3.05) is 0 Å². The Hall–Kier alpha value is -3.10. The van der Waals surface area contributed by atoms with Crippen molar-refractivity contribution in [3.63, 3.8) is 0 Å². The molecule has 3 aromatic rings. The van der Waals surface area contributed by atoms with Crippen molar-refractivity contribution >= 4 is 5.91 Å². The fourth-order valence-electron chi connectivity index (χ4n) is 2.14. The van der Waals surface area contributed by atoms with Gasteiger partial charge in [0, 0.05) is 11.5 Å². The predicted octanol–water partition coefficient (Wildman–Crippen LogP) is 0.853. The standard InChI is InChI=1S/C14H13N7O2/c22-13(15-7-12-17-14(23-18-12)10-1-2-10)9-3-5-11(6-4-9)21-8-16-19-20-21/h3-6,8,10H,1-2,7H2,(H,15,22). The van der Waals surface area contributed by atoms with Gasteiger partial charge in [0.15, 0.2) is 5.82 Å². The van der Waals surface area contributed by atoms with Crippen molar-refractivity contribution < 1.29 is 9.32 Å². The van der Waals surface area contributed by atoms with Crippen LogP contribution in [0.25, 0.3) is 5.69 Å². The topological polar surface area (TPSA) is 112 Å². The first-order valence-corrected chi connectivity index (χ1v) is 7.24. The maximum atomic E-state index is 12.1. The fraction of sp³-hybridized carbons (Fsp3) is 0.286. The molecule has 2 heterocycles. The predicted molar refractivity (Wildman–Crippen MR) is 76.6 cm³/mol. The Balaban J connectivity index is 1.38. The minimum Gasteiger partial charge on any atom is -0.345 e. The van der Waals surface area contributed by atoms with Crippen LogP contribution in [0.5, 0.6) is 0 Å². The van der Waals surface area contributed by atoms with E-state index in [0.29, 0.717) is 23.2 Å². The number of rotatable bonds is 5. The van der Waals surface area contributed by atoms with Crippen LogP contribution in [-0.2, 0) is 6.54 Å². The Morgan fingerprint density at radius 3 is 2.83 bits per heavy atom. The van der Waals surface area contributed by atoms with E-state index >= 15 is 0 Å². The van der Waals surface area contributed by atoms with Crippen LogP contribution in [-0.4, -0.2) is 36.3 Å². The van der Waals surface area contributed by atoms with Gasteiger partial charge in [0.2, 0.25) is 5.89 Å². The normalized spacial score (nSPS) is 13.9. The molecule has 1 saturated carbocycles. The fourth-order valence-corrected chi connectivity index (χ4v) is 2.14. The summed E-state index contributed by atoms with van der Waals surface area (Å²) in [6, 6.07) is 6.95. The van der Waals surface area contributed by atoms with E-state index in [-0.39, 0.29) is 12.5 Å². The number of hydrogen-bond acceptors (Lipinski definition) is 7. The molecule has 1 N–H and O–H groups in total. The summed E-state index contributed by atoms with van der Waals surface area (Å²) in [6.45, 7) is 0.240. The lowest BCUT2D eigenvalue weighted by Crippen LogP contribution is -2.23. The molecule has 1 fully saturated rings. The van der Waals surface area contributed by atoms with Crippen LogP contribution < -0.4 is 5.32 Å². The summed E-state index contributed by atoms with van der Waals surface area (Å²) in [7, 11) is 0. The van der Waals surface area contributed by atoms with Gasteiger partial charge in [-0.3, -0.25) is 4.79 Å². The first-order chi connectivity index (χ1) is 11.3. The first kappa shape index (κ1) is 13.6. The number of amides is 1. The van der Waals surface area contributed by atoms with Crippen LogP contribution in [0.4, 0.5) is 0 Å².